The van der Waals surface area contributed by atoms with Crippen molar-refractivity contribution in [1.82, 2.24) is 5.32 Å². The number of hydrogen-bond acceptors (Lipinski definition) is 4. The Hall–Kier alpha value is -1.56. The van der Waals surface area contributed by atoms with Crippen LogP contribution >= 0.6 is 0 Å². The van der Waals surface area contributed by atoms with E-state index in [0.717, 1.165) is 11.3 Å². The molecule has 1 unspecified atom stereocenters. The van der Waals surface area contributed by atoms with Crippen LogP contribution in [-0.2, 0) is 14.6 Å². The largest absolute Gasteiger partial charge is 0.384 e. The van der Waals surface area contributed by atoms with Crippen LogP contribution in [0.2, 0.25) is 0 Å². The number of carbonyl (C=O) groups is 1. The number of nitrogens with one attached hydrogen (secondary N) is 2. The number of rotatable bonds is 5. The third-order valence-electron chi connectivity index (χ3n) is 3.65. The standard InChI is InChI=1S/C15H22N2O3S/c1-11-3-4-14(12(2)9-11)16-7-5-15(18)17-13-6-8-21(19,20)10-13/h3-4,9,13,16H,5-8,10H2,1-2H3,(H,17,18). The maximum absolute atomic E-state index is 11.8. The van der Waals surface area contributed by atoms with Gasteiger partial charge in [0.2, 0.25) is 5.91 Å². The highest BCUT2D eigenvalue weighted by molar-refractivity contribution is 7.91. The van der Waals surface area contributed by atoms with Crippen molar-refractivity contribution in [3.8, 4) is 0 Å². The van der Waals surface area contributed by atoms with Crippen LogP contribution in [0.25, 0.3) is 0 Å². The van der Waals surface area contributed by atoms with Crippen LogP contribution in [0.1, 0.15) is 24.0 Å². The molecule has 1 aliphatic rings. The zero-order valence-corrected chi connectivity index (χ0v) is 13.3. The minimum atomic E-state index is -2.94. The molecule has 0 aromatic heterocycles. The molecule has 1 aromatic rings. The average molecular weight is 310 g/mol. The number of sulfone groups is 1. The molecular weight excluding hydrogens is 288 g/mol. The van der Waals surface area contributed by atoms with Gasteiger partial charge in [-0.15, -0.1) is 0 Å². The number of carbonyl (C=O) groups excluding carboxylic acids is 1. The summed E-state index contributed by atoms with van der Waals surface area (Å²) in [6, 6.07) is 5.90. The van der Waals surface area contributed by atoms with Gasteiger partial charge in [-0.25, -0.2) is 8.42 Å². The van der Waals surface area contributed by atoms with E-state index in [1.165, 1.54) is 5.56 Å². The van der Waals surface area contributed by atoms with E-state index in [2.05, 4.69) is 16.7 Å². The van der Waals surface area contributed by atoms with Gasteiger partial charge in [-0.1, -0.05) is 17.7 Å². The van der Waals surface area contributed by atoms with Crippen LogP contribution < -0.4 is 10.6 Å². The first-order chi connectivity index (χ1) is 9.85. The van der Waals surface area contributed by atoms with Crippen LogP contribution in [0.5, 0.6) is 0 Å². The van der Waals surface area contributed by atoms with Gasteiger partial charge < -0.3 is 10.6 Å². The van der Waals surface area contributed by atoms with Crippen LogP contribution in [0, 0.1) is 13.8 Å². The van der Waals surface area contributed by atoms with Crippen molar-refractivity contribution in [2.45, 2.75) is 32.7 Å². The van der Waals surface area contributed by atoms with Gasteiger partial charge >= 0.3 is 0 Å². The van der Waals surface area contributed by atoms with E-state index in [9.17, 15) is 13.2 Å². The van der Waals surface area contributed by atoms with Crippen molar-refractivity contribution < 1.29 is 13.2 Å². The van der Waals surface area contributed by atoms with Crippen LogP contribution in [0.3, 0.4) is 0 Å². The molecule has 2 rings (SSSR count). The molecule has 1 saturated heterocycles. The molecule has 5 nitrogen and oxygen atoms in total. The zero-order valence-electron chi connectivity index (χ0n) is 12.5. The molecule has 21 heavy (non-hydrogen) atoms. The minimum absolute atomic E-state index is 0.0727. The summed E-state index contributed by atoms with van der Waals surface area (Å²) >= 11 is 0. The van der Waals surface area contributed by atoms with Crippen molar-refractivity contribution >= 4 is 21.4 Å². The molecule has 0 radical (unpaired) electrons. The highest BCUT2D eigenvalue weighted by Gasteiger charge is 2.28. The third kappa shape index (κ3) is 4.74. The molecule has 116 valence electrons. The molecule has 1 amide bonds. The summed E-state index contributed by atoms with van der Waals surface area (Å²) in [6.07, 6.45) is 0.864. The predicted molar refractivity (Wildman–Crippen MR) is 84.2 cm³/mol. The molecule has 1 heterocycles. The van der Waals surface area contributed by atoms with Crippen molar-refractivity contribution in [1.29, 1.82) is 0 Å². The van der Waals surface area contributed by atoms with Gasteiger partial charge in [-0.05, 0) is 31.9 Å². The Morgan fingerprint density at radius 3 is 2.71 bits per heavy atom. The number of amides is 1. The van der Waals surface area contributed by atoms with E-state index in [4.69, 9.17) is 0 Å². The summed E-state index contributed by atoms with van der Waals surface area (Å²) in [4.78, 5) is 11.8. The first-order valence-electron chi connectivity index (χ1n) is 7.17. The van der Waals surface area contributed by atoms with Crippen molar-refractivity contribution in [3.63, 3.8) is 0 Å². The normalized spacial score (nSPS) is 20.2. The van der Waals surface area contributed by atoms with E-state index in [1.54, 1.807) is 0 Å². The quantitative estimate of drug-likeness (QED) is 0.862. The van der Waals surface area contributed by atoms with E-state index < -0.39 is 9.84 Å². The van der Waals surface area contributed by atoms with Gasteiger partial charge in [0.1, 0.15) is 0 Å². The molecule has 1 aliphatic heterocycles. The SMILES string of the molecule is Cc1ccc(NCCC(=O)NC2CCS(=O)(=O)C2)c(C)c1. The van der Waals surface area contributed by atoms with E-state index in [1.807, 2.05) is 26.0 Å². The fraction of sp³-hybridized carbons (Fsp3) is 0.533. The Kier molecular flexibility index (Phi) is 4.88. The summed E-state index contributed by atoms with van der Waals surface area (Å²) in [6.45, 7) is 4.61. The lowest BCUT2D eigenvalue weighted by atomic mass is 10.1. The fourth-order valence-corrected chi connectivity index (χ4v) is 4.20. The van der Waals surface area contributed by atoms with Crippen LogP contribution in [0.4, 0.5) is 5.69 Å². The fourth-order valence-electron chi connectivity index (χ4n) is 2.53. The maximum Gasteiger partial charge on any atom is 0.222 e. The van der Waals surface area contributed by atoms with Gasteiger partial charge in [-0.2, -0.15) is 0 Å². The van der Waals surface area contributed by atoms with Gasteiger partial charge in [0, 0.05) is 24.7 Å². The Balaban J connectivity index is 1.74. The molecule has 2 N–H and O–H groups in total. The van der Waals surface area contributed by atoms with Crippen molar-refractivity contribution in [2.24, 2.45) is 0 Å². The molecular formula is C15H22N2O3S. The zero-order chi connectivity index (χ0) is 15.5. The summed E-state index contributed by atoms with van der Waals surface area (Å²) in [5.41, 5.74) is 3.38. The van der Waals surface area contributed by atoms with Gasteiger partial charge in [0.15, 0.2) is 9.84 Å². The first kappa shape index (κ1) is 15.8. The molecule has 0 spiro atoms. The van der Waals surface area contributed by atoms with E-state index in [-0.39, 0.29) is 23.5 Å². The molecule has 1 atom stereocenters. The highest BCUT2D eigenvalue weighted by Crippen LogP contribution is 2.16. The number of hydrogen-bond donors (Lipinski definition) is 2. The summed E-state index contributed by atoms with van der Waals surface area (Å²) < 4.78 is 22.6. The smallest absolute Gasteiger partial charge is 0.222 e. The van der Waals surface area contributed by atoms with Crippen LogP contribution in [0.15, 0.2) is 18.2 Å². The predicted octanol–water partition coefficient (Wildman–Crippen LogP) is 1.41. The topological polar surface area (TPSA) is 75.3 Å². The highest BCUT2D eigenvalue weighted by atomic mass is 32.2. The number of aryl methyl sites for hydroxylation is 2. The lowest BCUT2D eigenvalue weighted by Crippen LogP contribution is -2.36. The summed E-state index contributed by atoms with van der Waals surface area (Å²) in [5.74, 6) is 0.150. The monoisotopic (exact) mass is 310 g/mol. The Morgan fingerprint density at radius 2 is 2.10 bits per heavy atom. The number of anilines is 1. The van der Waals surface area contributed by atoms with E-state index >= 15 is 0 Å². The minimum Gasteiger partial charge on any atom is -0.384 e. The molecule has 0 saturated carbocycles. The molecule has 1 aromatic carbocycles. The lowest BCUT2D eigenvalue weighted by Gasteiger charge is -2.12. The third-order valence-corrected chi connectivity index (χ3v) is 5.41. The maximum atomic E-state index is 11.8. The van der Waals surface area contributed by atoms with Crippen LogP contribution in [-0.4, -0.2) is 38.4 Å². The Labute approximate surface area is 126 Å². The van der Waals surface area contributed by atoms with Gasteiger partial charge in [-0.3, -0.25) is 4.79 Å². The molecule has 1 fully saturated rings. The first-order valence-corrected chi connectivity index (χ1v) is 8.99. The summed E-state index contributed by atoms with van der Waals surface area (Å²) in [7, 11) is -2.94. The second-order valence-corrected chi connectivity index (χ2v) is 7.89. The van der Waals surface area contributed by atoms with E-state index in [0.29, 0.717) is 19.4 Å². The van der Waals surface area contributed by atoms with Crippen molar-refractivity contribution in [2.75, 3.05) is 23.4 Å². The Bertz CT molecular complexity index is 626. The van der Waals surface area contributed by atoms with Crippen molar-refractivity contribution in [3.05, 3.63) is 29.3 Å². The lowest BCUT2D eigenvalue weighted by molar-refractivity contribution is -0.121. The molecule has 0 aliphatic carbocycles. The second kappa shape index (κ2) is 6.47. The Morgan fingerprint density at radius 1 is 1.33 bits per heavy atom. The molecule has 0 bridgehead atoms. The van der Waals surface area contributed by atoms with Gasteiger partial charge in [0.05, 0.1) is 11.5 Å². The average Bonchev–Trinajstić information content (AvgIpc) is 2.71. The second-order valence-electron chi connectivity index (χ2n) is 5.66. The number of benzene rings is 1. The molecule has 6 heteroatoms. The van der Waals surface area contributed by atoms with Gasteiger partial charge in [0.25, 0.3) is 0 Å². The summed E-state index contributed by atoms with van der Waals surface area (Å²) in [5, 5.41) is 6.02.